The monoisotopic (exact) mass is 393 g/mol. The van der Waals surface area contributed by atoms with Crippen LogP contribution in [0, 0.1) is 17.8 Å². The lowest BCUT2D eigenvalue weighted by atomic mass is 9.92. The molecule has 1 amide bonds. The van der Waals surface area contributed by atoms with Gasteiger partial charge in [-0.2, -0.15) is 0 Å². The summed E-state index contributed by atoms with van der Waals surface area (Å²) >= 11 is 0. The Morgan fingerprint density at radius 1 is 0.964 bits per heavy atom. The molecule has 3 aliphatic rings. The molecule has 5 heteroatoms. The molecule has 0 aliphatic carbocycles. The molecule has 3 heterocycles. The zero-order chi connectivity index (χ0) is 20.3. The fraction of sp³-hybridized carbons (Fsp3) is 0.957. The number of hydrogen-bond donors (Lipinski definition) is 0. The lowest BCUT2D eigenvalue weighted by molar-refractivity contribution is -0.147. The summed E-state index contributed by atoms with van der Waals surface area (Å²) in [5.74, 6) is 2.20. The molecule has 0 aromatic carbocycles. The van der Waals surface area contributed by atoms with E-state index in [1.54, 1.807) is 0 Å². The van der Waals surface area contributed by atoms with Crippen LogP contribution in [-0.2, 0) is 9.53 Å². The first kappa shape index (κ1) is 22.0. The van der Waals surface area contributed by atoms with E-state index < -0.39 is 0 Å². The van der Waals surface area contributed by atoms with E-state index in [-0.39, 0.29) is 18.2 Å². The average Bonchev–Trinajstić information content (AvgIpc) is 2.63. The maximum atomic E-state index is 13.6. The van der Waals surface area contributed by atoms with Crippen LogP contribution in [-0.4, -0.2) is 84.7 Å². The van der Waals surface area contributed by atoms with Gasteiger partial charge in [-0.3, -0.25) is 9.69 Å². The van der Waals surface area contributed by atoms with Crippen molar-refractivity contribution in [1.82, 2.24) is 14.7 Å². The van der Waals surface area contributed by atoms with Gasteiger partial charge in [0.2, 0.25) is 5.91 Å². The number of likely N-dealkylation sites (tertiary alicyclic amines) is 2. The molecule has 162 valence electrons. The Bertz CT molecular complexity index is 494. The van der Waals surface area contributed by atoms with E-state index in [0.29, 0.717) is 17.7 Å². The SMILES string of the molecule is CC1CCN(C[C@@H]2CCCN(C(=O)[C@H](C(C)C)N3C[C@H](C)O[C@@H](C)C3)C2)CC1. The van der Waals surface area contributed by atoms with Gasteiger partial charge in [-0.25, -0.2) is 0 Å². The van der Waals surface area contributed by atoms with E-state index >= 15 is 0 Å². The fourth-order valence-electron chi connectivity index (χ4n) is 5.52. The summed E-state index contributed by atoms with van der Waals surface area (Å²) < 4.78 is 5.91. The van der Waals surface area contributed by atoms with E-state index in [1.165, 1.54) is 38.9 Å². The van der Waals surface area contributed by atoms with Gasteiger partial charge in [0.15, 0.2) is 0 Å². The Labute approximate surface area is 172 Å². The van der Waals surface area contributed by atoms with E-state index in [9.17, 15) is 4.79 Å². The number of carbonyl (C=O) groups is 1. The van der Waals surface area contributed by atoms with Gasteiger partial charge >= 0.3 is 0 Å². The van der Waals surface area contributed by atoms with Crippen LogP contribution in [0.2, 0.25) is 0 Å². The first-order valence-electron chi connectivity index (χ1n) is 11.7. The van der Waals surface area contributed by atoms with Crippen LogP contribution in [0.3, 0.4) is 0 Å². The van der Waals surface area contributed by atoms with Crippen molar-refractivity contribution in [2.75, 3.05) is 45.8 Å². The first-order chi connectivity index (χ1) is 13.3. The number of nitrogens with zero attached hydrogens (tertiary/aromatic N) is 3. The summed E-state index contributed by atoms with van der Waals surface area (Å²) in [7, 11) is 0. The molecule has 4 atom stereocenters. The molecule has 3 aliphatic heterocycles. The molecule has 0 aromatic rings. The van der Waals surface area contributed by atoms with Crippen molar-refractivity contribution in [2.24, 2.45) is 17.8 Å². The standard InChI is InChI=1S/C23H43N3O2/c1-17(2)22(26-13-19(4)28-20(5)14-26)23(27)25-10-6-7-21(16-25)15-24-11-8-18(3)9-12-24/h17-22H,6-16H2,1-5H3/t19-,20-,21-,22-/m0/s1. The number of amides is 1. The fourth-order valence-corrected chi connectivity index (χ4v) is 5.52. The van der Waals surface area contributed by atoms with Crippen LogP contribution < -0.4 is 0 Å². The largest absolute Gasteiger partial charge is 0.373 e. The Kier molecular flexibility index (Phi) is 7.80. The molecule has 0 N–H and O–H groups in total. The van der Waals surface area contributed by atoms with Crippen molar-refractivity contribution in [3.8, 4) is 0 Å². The first-order valence-corrected chi connectivity index (χ1v) is 11.7. The van der Waals surface area contributed by atoms with Gasteiger partial charge in [0.25, 0.3) is 0 Å². The summed E-state index contributed by atoms with van der Waals surface area (Å²) in [6.07, 6.45) is 5.49. The second kappa shape index (κ2) is 9.90. The Morgan fingerprint density at radius 2 is 1.61 bits per heavy atom. The van der Waals surface area contributed by atoms with E-state index in [2.05, 4.69) is 49.3 Å². The predicted octanol–water partition coefficient (Wildman–Crippen LogP) is 3.09. The van der Waals surface area contributed by atoms with Crippen molar-refractivity contribution in [1.29, 1.82) is 0 Å². The second-order valence-electron chi connectivity index (χ2n) is 10.2. The predicted molar refractivity (Wildman–Crippen MR) is 114 cm³/mol. The quantitative estimate of drug-likeness (QED) is 0.719. The molecule has 0 radical (unpaired) electrons. The molecule has 28 heavy (non-hydrogen) atoms. The Hall–Kier alpha value is -0.650. The van der Waals surface area contributed by atoms with Crippen molar-refractivity contribution in [3.05, 3.63) is 0 Å². The molecular weight excluding hydrogens is 350 g/mol. The van der Waals surface area contributed by atoms with Gasteiger partial charge in [-0.15, -0.1) is 0 Å². The van der Waals surface area contributed by atoms with Gasteiger partial charge in [0, 0.05) is 32.7 Å². The zero-order valence-electron chi connectivity index (χ0n) is 18.9. The number of carbonyl (C=O) groups excluding carboxylic acids is 1. The van der Waals surface area contributed by atoms with Crippen LogP contribution in [0.15, 0.2) is 0 Å². The number of rotatable bonds is 5. The molecule has 0 bridgehead atoms. The topological polar surface area (TPSA) is 36.0 Å². The molecule has 0 spiro atoms. The van der Waals surface area contributed by atoms with Crippen molar-refractivity contribution < 1.29 is 9.53 Å². The average molecular weight is 394 g/mol. The summed E-state index contributed by atoms with van der Waals surface area (Å²) in [5, 5.41) is 0. The van der Waals surface area contributed by atoms with E-state index in [4.69, 9.17) is 4.74 Å². The van der Waals surface area contributed by atoms with Crippen molar-refractivity contribution >= 4 is 5.91 Å². The highest BCUT2D eigenvalue weighted by Crippen LogP contribution is 2.25. The van der Waals surface area contributed by atoms with Gasteiger partial charge in [-0.1, -0.05) is 20.8 Å². The highest BCUT2D eigenvalue weighted by Gasteiger charge is 2.37. The maximum absolute atomic E-state index is 13.6. The molecule has 0 unspecified atom stereocenters. The van der Waals surface area contributed by atoms with Crippen LogP contribution in [0.25, 0.3) is 0 Å². The summed E-state index contributed by atoms with van der Waals surface area (Å²) in [6.45, 7) is 18.3. The molecule has 3 rings (SSSR count). The summed E-state index contributed by atoms with van der Waals surface area (Å²) in [5.41, 5.74) is 0. The molecule has 5 nitrogen and oxygen atoms in total. The van der Waals surface area contributed by atoms with Gasteiger partial charge in [0.05, 0.1) is 18.2 Å². The second-order valence-corrected chi connectivity index (χ2v) is 10.2. The number of hydrogen-bond acceptors (Lipinski definition) is 4. The minimum Gasteiger partial charge on any atom is -0.373 e. The Balaban J connectivity index is 1.59. The van der Waals surface area contributed by atoms with Crippen LogP contribution in [0.1, 0.15) is 60.3 Å². The molecule has 0 saturated carbocycles. The molecular formula is C23H43N3O2. The maximum Gasteiger partial charge on any atom is 0.240 e. The van der Waals surface area contributed by atoms with Crippen LogP contribution in [0.4, 0.5) is 0 Å². The van der Waals surface area contributed by atoms with E-state index in [0.717, 1.165) is 38.5 Å². The lowest BCUT2D eigenvalue weighted by Gasteiger charge is -2.44. The third-order valence-electron chi connectivity index (χ3n) is 6.95. The normalized spacial score (nSPS) is 32.6. The lowest BCUT2D eigenvalue weighted by Crippen LogP contribution is -2.59. The highest BCUT2D eigenvalue weighted by molar-refractivity contribution is 5.82. The Morgan fingerprint density at radius 3 is 2.21 bits per heavy atom. The third kappa shape index (κ3) is 5.70. The smallest absolute Gasteiger partial charge is 0.240 e. The number of ether oxygens (including phenoxy) is 1. The van der Waals surface area contributed by atoms with Crippen molar-refractivity contribution in [3.63, 3.8) is 0 Å². The van der Waals surface area contributed by atoms with Gasteiger partial charge < -0.3 is 14.5 Å². The minimum atomic E-state index is -0.0108. The number of morpholine rings is 1. The van der Waals surface area contributed by atoms with Gasteiger partial charge in [0.1, 0.15) is 0 Å². The van der Waals surface area contributed by atoms with Gasteiger partial charge in [-0.05, 0) is 70.4 Å². The summed E-state index contributed by atoms with van der Waals surface area (Å²) in [6, 6.07) is -0.0108. The highest BCUT2D eigenvalue weighted by atomic mass is 16.5. The van der Waals surface area contributed by atoms with Crippen LogP contribution >= 0.6 is 0 Å². The zero-order valence-corrected chi connectivity index (χ0v) is 18.9. The van der Waals surface area contributed by atoms with Crippen LogP contribution in [0.5, 0.6) is 0 Å². The van der Waals surface area contributed by atoms with Crippen molar-refractivity contribution in [2.45, 2.75) is 78.6 Å². The van der Waals surface area contributed by atoms with E-state index in [1.807, 2.05) is 0 Å². The molecule has 3 saturated heterocycles. The third-order valence-corrected chi connectivity index (χ3v) is 6.95. The number of piperidine rings is 2. The molecule has 3 fully saturated rings. The summed E-state index contributed by atoms with van der Waals surface area (Å²) in [4.78, 5) is 20.8. The minimum absolute atomic E-state index is 0.0108. The molecule has 0 aromatic heterocycles.